The quantitative estimate of drug-likeness (QED) is 0.841. The number of nitrogens with one attached hydrogen (secondary N) is 1. The first-order valence-electron chi connectivity index (χ1n) is 6.16. The zero-order valence-corrected chi connectivity index (χ0v) is 10.1. The molecule has 1 saturated heterocycles. The van der Waals surface area contributed by atoms with Crippen LogP contribution in [0.15, 0.2) is 24.5 Å². The van der Waals surface area contributed by atoms with Gasteiger partial charge in [0.2, 0.25) is 5.91 Å². The van der Waals surface area contributed by atoms with Crippen molar-refractivity contribution in [2.45, 2.75) is 13.0 Å². The summed E-state index contributed by atoms with van der Waals surface area (Å²) in [6.07, 6.45) is 4.27. The van der Waals surface area contributed by atoms with Gasteiger partial charge in [-0.3, -0.25) is 4.79 Å². The number of carbonyl (C=O) groups excluding carboxylic acids is 1. The summed E-state index contributed by atoms with van der Waals surface area (Å²) in [4.78, 5) is 21.1. The van der Waals surface area contributed by atoms with Crippen LogP contribution in [-0.4, -0.2) is 33.9 Å². The average Bonchev–Trinajstić information content (AvgIpc) is 2.96. The van der Waals surface area contributed by atoms with Gasteiger partial charge >= 0.3 is 0 Å². The molecule has 18 heavy (non-hydrogen) atoms. The molecule has 1 aliphatic rings. The molecule has 3 heterocycles. The molecule has 0 aromatic carbocycles. The van der Waals surface area contributed by atoms with E-state index in [9.17, 15) is 4.79 Å². The van der Waals surface area contributed by atoms with Crippen molar-refractivity contribution in [2.75, 3.05) is 13.1 Å². The van der Waals surface area contributed by atoms with Crippen molar-refractivity contribution in [3.63, 3.8) is 0 Å². The molecule has 1 fully saturated rings. The highest BCUT2D eigenvalue weighted by molar-refractivity contribution is 5.79. The SMILES string of the molecule is NCC1CC(=O)N(Cc2cnc3[nH]ccc3c2)C1. The van der Waals surface area contributed by atoms with E-state index >= 15 is 0 Å². The van der Waals surface area contributed by atoms with Gasteiger partial charge in [-0.15, -0.1) is 0 Å². The van der Waals surface area contributed by atoms with Gasteiger partial charge in [0.1, 0.15) is 5.65 Å². The number of hydrogen-bond donors (Lipinski definition) is 2. The highest BCUT2D eigenvalue weighted by Gasteiger charge is 2.28. The second-order valence-corrected chi connectivity index (χ2v) is 4.84. The predicted octanol–water partition coefficient (Wildman–Crippen LogP) is 0.870. The van der Waals surface area contributed by atoms with E-state index in [1.54, 1.807) is 0 Å². The second kappa shape index (κ2) is 4.42. The first kappa shape index (κ1) is 11.2. The molecule has 0 bridgehead atoms. The maximum atomic E-state index is 11.8. The van der Waals surface area contributed by atoms with Crippen LogP contribution in [0, 0.1) is 5.92 Å². The summed E-state index contributed by atoms with van der Waals surface area (Å²) in [6.45, 7) is 1.97. The third-order valence-corrected chi connectivity index (χ3v) is 3.46. The summed E-state index contributed by atoms with van der Waals surface area (Å²) in [7, 11) is 0. The average molecular weight is 244 g/mol. The second-order valence-electron chi connectivity index (χ2n) is 4.84. The fraction of sp³-hybridized carbons (Fsp3) is 0.385. The van der Waals surface area contributed by atoms with Crippen LogP contribution in [0.2, 0.25) is 0 Å². The maximum Gasteiger partial charge on any atom is 0.223 e. The van der Waals surface area contributed by atoms with Gasteiger partial charge in [-0.2, -0.15) is 0 Å². The molecule has 0 aliphatic carbocycles. The topological polar surface area (TPSA) is 75.0 Å². The minimum atomic E-state index is 0.194. The van der Waals surface area contributed by atoms with Gasteiger partial charge in [0.05, 0.1) is 0 Å². The lowest BCUT2D eigenvalue weighted by molar-refractivity contribution is -0.128. The van der Waals surface area contributed by atoms with Gasteiger partial charge < -0.3 is 15.6 Å². The predicted molar refractivity (Wildman–Crippen MR) is 68.7 cm³/mol. The minimum Gasteiger partial charge on any atom is -0.346 e. The molecule has 3 rings (SSSR count). The fourth-order valence-electron chi connectivity index (χ4n) is 2.46. The molecule has 1 atom stereocenters. The highest BCUT2D eigenvalue weighted by atomic mass is 16.2. The van der Waals surface area contributed by atoms with Crippen LogP contribution in [0.3, 0.4) is 0 Å². The fourth-order valence-corrected chi connectivity index (χ4v) is 2.46. The standard InChI is InChI=1S/C13H16N4O/c14-5-9-4-12(18)17(7-9)8-10-3-11-1-2-15-13(11)16-6-10/h1-3,6,9H,4-5,7-8,14H2,(H,15,16). The molecular weight excluding hydrogens is 228 g/mol. The zero-order valence-electron chi connectivity index (χ0n) is 10.1. The lowest BCUT2D eigenvalue weighted by atomic mass is 10.1. The van der Waals surface area contributed by atoms with Gasteiger partial charge in [-0.25, -0.2) is 4.98 Å². The van der Waals surface area contributed by atoms with E-state index in [4.69, 9.17) is 5.73 Å². The summed E-state index contributed by atoms with van der Waals surface area (Å²) in [5.74, 6) is 0.501. The van der Waals surface area contributed by atoms with Gasteiger partial charge in [-0.05, 0) is 30.2 Å². The molecule has 1 amide bonds. The normalized spacial score (nSPS) is 19.9. The minimum absolute atomic E-state index is 0.194. The number of aromatic nitrogens is 2. The molecule has 0 spiro atoms. The summed E-state index contributed by atoms with van der Waals surface area (Å²) in [5.41, 5.74) is 7.56. The molecule has 94 valence electrons. The van der Waals surface area contributed by atoms with Crippen molar-refractivity contribution in [2.24, 2.45) is 11.7 Å². The number of fused-ring (bicyclic) bond motifs is 1. The number of carbonyl (C=O) groups is 1. The summed E-state index contributed by atoms with van der Waals surface area (Å²) in [5, 5.41) is 1.08. The van der Waals surface area contributed by atoms with Crippen LogP contribution in [0.1, 0.15) is 12.0 Å². The van der Waals surface area contributed by atoms with E-state index in [0.29, 0.717) is 25.4 Å². The largest absolute Gasteiger partial charge is 0.346 e. The molecule has 5 nitrogen and oxygen atoms in total. The van der Waals surface area contributed by atoms with Gasteiger partial charge in [0.25, 0.3) is 0 Å². The maximum absolute atomic E-state index is 11.8. The zero-order chi connectivity index (χ0) is 12.5. The van der Waals surface area contributed by atoms with Crippen molar-refractivity contribution in [1.29, 1.82) is 0 Å². The number of H-pyrrole nitrogens is 1. The van der Waals surface area contributed by atoms with E-state index < -0.39 is 0 Å². The van der Waals surface area contributed by atoms with Crippen LogP contribution in [0.4, 0.5) is 0 Å². The van der Waals surface area contributed by atoms with Gasteiger partial charge in [0.15, 0.2) is 0 Å². The molecule has 0 saturated carbocycles. The molecule has 2 aromatic heterocycles. The highest BCUT2D eigenvalue weighted by Crippen LogP contribution is 2.20. The Morgan fingerprint density at radius 1 is 1.56 bits per heavy atom. The Kier molecular flexibility index (Phi) is 2.76. The van der Waals surface area contributed by atoms with E-state index in [2.05, 4.69) is 16.0 Å². The van der Waals surface area contributed by atoms with Crippen LogP contribution >= 0.6 is 0 Å². The van der Waals surface area contributed by atoms with E-state index in [1.807, 2.05) is 23.4 Å². The molecule has 2 aromatic rings. The molecule has 1 aliphatic heterocycles. The molecule has 5 heteroatoms. The van der Waals surface area contributed by atoms with E-state index in [-0.39, 0.29) is 5.91 Å². The van der Waals surface area contributed by atoms with Crippen molar-refractivity contribution in [3.8, 4) is 0 Å². The first-order valence-corrected chi connectivity index (χ1v) is 6.16. The Morgan fingerprint density at radius 2 is 2.44 bits per heavy atom. The number of amides is 1. The lowest BCUT2D eigenvalue weighted by Crippen LogP contribution is -2.25. The molecule has 0 radical (unpaired) electrons. The number of rotatable bonds is 3. The molecule has 1 unspecified atom stereocenters. The Bertz CT molecular complexity index is 577. The number of aromatic amines is 1. The van der Waals surface area contributed by atoms with Crippen LogP contribution in [0.5, 0.6) is 0 Å². The van der Waals surface area contributed by atoms with Crippen LogP contribution < -0.4 is 5.73 Å². The first-order chi connectivity index (χ1) is 8.76. The number of hydrogen-bond acceptors (Lipinski definition) is 3. The van der Waals surface area contributed by atoms with E-state index in [1.165, 1.54) is 0 Å². The Morgan fingerprint density at radius 3 is 3.22 bits per heavy atom. The lowest BCUT2D eigenvalue weighted by Gasteiger charge is -2.16. The van der Waals surface area contributed by atoms with Crippen molar-refractivity contribution >= 4 is 16.9 Å². The molecular formula is C13H16N4O. The van der Waals surface area contributed by atoms with E-state index in [0.717, 1.165) is 23.1 Å². The summed E-state index contributed by atoms with van der Waals surface area (Å²) >= 11 is 0. The smallest absolute Gasteiger partial charge is 0.223 e. The van der Waals surface area contributed by atoms with Crippen LogP contribution in [0.25, 0.3) is 11.0 Å². The van der Waals surface area contributed by atoms with Crippen molar-refractivity contribution < 1.29 is 4.79 Å². The Hall–Kier alpha value is -1.88. The summed E-state index contributed by atoms with van der Waals surface area (Å²) in [6, 6.07) is 4.06. The van der Waals surface area contributed by atoms with Crippen molar-refractivity contribution in [1.82, 2.24) is 14.9 Å². The van der Waals surface area contributed by atoms with Gasteiger partial charge in [0, 0.05) is 37.3 Å². The monoisotopic (exact) mass is 244 g/mol. The van der Waals surface area contributed by atoms with Crippen LogP contribution in [-0.2, 0) is 11.3 Å². The summed E-state index contributed by atoms with van der Waals surface area (Å²) < 4.78 is 0. The number of likely N-dealkylation sites (tertiary alicyclic amines) is 1. The third kappa shape index (κ3) is 1.97. The van der Waals surface area contributed by atoms with Gasteiger partial charge in [-0.1, -0.05) is 0 Å². The Balaban J connectivity index is 1.77. The number of nitrogens with two attached hydrogens (primary N) is 1. The van der Waals surface area contributed by atoms with Crippen molar-refractivity contribution in [3.05, 3.63) is 30.1 Å². The third-order valence-electron chi connectivity index (χ3n) is 3.46. The number of pyridine rings is 1. The molecule has 3 N–H and O–H groups in total. The number of nitrogens with zero attached hydrogens (tertiary/aromatic N) is 2. The Labute approximate surface area is 105 Å².